The number of nitrogens with one attached hydrogen (secondary N) is 2. The normalized spacial score (nSPS) is 25.4. The van der Waals surface area contributed by atoms with Gasteiger partial charge in [-0.3, -0.25) is 9.69 Å². The summed E-state index contributed by atoms with van der Waals surface area (Å²) in [6.45, 7) is 0.620. The molecule has 104 valence electrons. The minimum absolute atomic E-state index is 0.0424. The molecule has 1 aliphatic heterocycles. The number of carbonyl (C=O) groups is 1. The zero-order valence-corrected chi connectivity index (χ0v) is 10.1. The third-order valence-corrected chi connectivity index (χ3v) is 3.32. The van der Waals surface area contributed by atoms with Crippen molar-refractivity contribution in [3.63, 3.8) is 0 Å². The number of alkyl halides is 3. The molecule has 1 amide bonds. The number of halogens is 3. The summed E-state index contributed by atoms with van der Waals surface area (Å²) in [6.07, 6.45) is -0.883. The van der Waals surface area contributed by atoms with Gasteiger partial charge in [-0.15, -0.1) is 0 Å². The van der Waals surface area contributed by atoms with E-state index in [0.717, 1.165) is 19.5 Å². The molecule has 2 rings (SSSR count). The first-order valence-corrected chi connectivity index (χ1v) is 6.25. The van der Waals surface area contributed by atoms with Gasteiger partial charge in [0.2, 0.25) is 5.91 Å². The van der Waals surface area contributed by atoms with Gasteiger partial charge in [0.05, 0.1) is 6.54 Å². The summed E-state index contributed by atoms with van der Waals surface area (Å²) >= 11 is 0. The second-order valence-corrected chi connectivity index (χ2v) is 4.98. The van der Waals surface area contributed by atoms with E-state index >= 15 is 0 Å². The lowest BCUT2D eigenvalue weighted by molar-refractivity contribution is -0.137. The predicted molar refractivity (Wildman–Crippen MR) is 60.1 cm³/mol. The summed E-state index contributed by atoms with van der Waals surface area (Å²) < 4.78 is 35.6. The zero-order chi connectivity index (χ0) is 13.2. The van der Waals surface area contributed by atoms with Gasteiger partial charge < -0.3 is 10.6 Å². The molecule has 0 spiro atoms. The molecule has 1 saturated carbocycles. The van der Waals surface area contributed by atoms with Gasteiger partial charge in [-0.25, -0.2) is 0 Å². The highest BCUT2D eigenvalue weighted by atomic mass is 19.4. The van der Waals surface area contributed by atoms with E-state index in [1.165, 1.54) is 12.8 Å². The molecular weight excluding hydrogens is 247 g/mol. The van der Waals surface area contributed by atoms with Gasteiger partial charge in [0, 0.05) is 25.2 Å². The fourth-order valence-electron chi connectivity index (χ4n) is 2.22. The minimum atomic E-state index is -4.34. The molecular formula is C11H18F3N3O. The van der Waals surface area contributed by atoms with E-state index in [2.05, 4.69) is 10.2 Å². The Hall–Kier alpha value is -0.820. The Morgan fingerprint density at radius 3 is 2.61 bits per heavy atom. The summed E-state index contributed by atoms with van der Waals surface area (Å²) in [4.78, 5) is 13.6. The number of likely N-dealkylation sites (tertiary alicyclic amines) is 1. The lowest BCUT2D eigenvalue weighted by Crippen LogP contribution is -2.43. The summed E-state index contributed by atoms with van der Waals surface area (Å²) in [7, 11) is 0. The second kappa shape index (κ2) is 5.44. The molecule has 7 heteroatoms. The molecule has 0 aromatic rings. The molecule has 1 saturated heterocycles. The molecule has 4 nitrogen and oxygen atoms in total. The number of hydrogen-bond donors (Lipinski definition) is 2. The van der Waals surface area contributed by atoms with Crippen molar-refractivity contribution in [3.05, 3.63) is 0 Å². The maximum absolute atomic E-state index is 11.9. The molecule has 0 bridgehead atoms. The van der Waals surface area contributed by atoms with Crippen LogP contribution in [-0.4, -0.2) is 55.2 Å². The van der Waals surface area contributed by atoms with Gasteiger partial charge in [-0.05, 0) is 19.3 Å². The lowest BCUT2D eigenvalue weighted by atomic mass is 10.2. The minimum Gasteiger partial charge on any atom is -0.346 e. The number of hydrogen-bond acceptors (Lipinski definition) is 3. The highest BCUT2D eigenvalue weighted by molar-refractivity contribution is 5.78. The van der Waals surface area contributed by atoms with E-state index in [0.29, 0.717) is 6.04 Å². The molecule has 1 heterocycles. The van der Waals surface area contributed by atoms with E-state index in [9.17, 15) is 18.0 Å². The first-order valence-electron chi connectivity index (χ1n) is 6.25. The third kappa shape index (κ3) is 4.45. The Balaban J connectivity index is 1.58. The Kier molecular flexibility index (Phi) is 4.11. The van der Waals surface area contributed by atoms with Crippen LogP contribution in [0.15, 0.2) is 0 Å². The maximum atomic E-state index is 11.9. The summed E-state index contributed by atoms with van der Waals surface area (Å²) in [6, 6.07) is 0.929. The van der Waals surface area contributed by atoms with Crippen molar-refractivity contribution in [2.75, 3.05) is 26.2 Å². The van der Waals surface area contributed by atoms with E-state index in [1.807, 2.05) is 5.32 Å². The Morgan fingerprint density at radius 2 is 2.00 bits per heavy atom. The van der Waals surface area contributed by atoms with Crippen LogP contribution in [0, 0.1) is 0 Å². The molecule has 0 radical (unpaired) electrons. The van der Waals surface area contributed by atoms with Crippen molar-refractivity contribution < 1.29 is 18.0 Å². The van der Waals surface area contributed by atoms with Crippen molar-refractivity contribution in [2.45, 2.75) is 37.5 Å². The monoisotopic (exact) mass is 265 g/mol. The molecule has 2 fully saturated rings. The number of rotatable bonds is 5. The van der Waals surface area contributed by atoms with Gasteiger partial charge in [-0.2, -0.15) is 13.2 Å². The molecule has 2 aliphatic rings. The molecule has 0 aromatic heterocycles. The van der Waals surface area contributed by atoms with Crippen LogP contribution in [0.5, 0.6) is 0 Å². The van der Waals surface area contributed by atoms with Crippen LogP contribution in [0.2, 0.25) is 0 Å². The molecule has 1 unspecified atom stereocenters. The SMILES string of the molecule is O=C(CNC1CCN(C2CC2)C1)NCC(F)(F)F. The molecule has 1 aliphatic carbocycles. The van der Waals surface area contributed by atoms with Crippen LogP contribution in [0.4, 0.5) is 13.2 Å². The fraction of sp³-hybridized carbons (Fsp3) is 0.909. The highest BCUT2D eigenvalue weighted by Crippen LogP contribution is 2.29. The average Bonchev–Trinajstić information content (AvgIpc) is 3.03. The highest BCUT2D eigenvalue weighted by Gasteiger charge is 2.34. The molecule has 1 atom stereocenters. The van der Waals surface area contributed by atoms with E-state index < -0.39 is 18.6 Å². The molecule has 18 heavy (non-hydrogen) atoms. The number of amides is 1. The summed E-state index contributed by atoms with van der Waals surface area (Å²) in [5.41, 5.74) is 0. The van der Waals surface area contributed by atoms with E-state index in [-0.39, 0.29) is 12.6 Å². The van der Waals surface area contributed by atoms with Crippen LogP contribution >= 0.6 is 0 Å². The van der Waals surface area contributed by atoms with Crippen molar-refractivity contribution in [3.8, 4) is 0 Å². The van der Waals surface area contributed by atoms with Crippen LogP contribution in [0.25, 0.3) is 0 Å². The smallest absolute Gasteiger partial charge is 0.346 e. The largest absolute Gasteiger partial charge is 0.405 e. The quantitative estimate of drug-likeness (QED) is 0.760. The third-order valence-electron chi connectivity index (χ3n) is 3.32. The average molecular weight is 265 g/mol. The Bertz CT molecular complexity index is 304. The standard InChI is InChI=1S/C11H18F3N3O/c12-11(13,14)7-16-10(18)5-15-8-3-4-17(6-8)9-1-2-9/h8-9,15H,1-7H2,(H,16,18). The van der Waals surface area contributed by atoms with Crippen molar-refractivity contribution in [1.29, 1.82) is 0 Å². The van der Waals surface area contributed by atoms with Crippen LogP contribution in [0.3, 0.4) is 0 Å². The van der Waals surface area contributed by atoms with E-state index in [1.54, 1.807) is 0 Å². The summed E-state index contributed by atoms with van der Waals surface area (Å²) in [5.74, 6) is -0.600. The molecule has 2 N–H and O–H groups in total. The van der Waals surface area contributed by atoms with Gasteiger partial charge in [0.15, 0.2) is 0 Å². The first-order chi connectivity index (χ1) is 8.44. The number of nitrogens with zero attached hydrogens (tertiary/aromatic N) is 1. The predicted octanol–water partition coefficient (Wildman–Crippen LogP) is 0.491. The van der Waals surface area contributed by atoms with Gasteiger partial charge in [-0.1, -0.05) is 0 Å². The maximum Gasteiger partial charge on any atom is 0.405 e. The fourth-order valence-corrected chi connectivity index (χ4v) is 2.22. The van der Waals surface area contributed by atoms with E-state index in [4.69, 9.17) is 0 Å². The summed E-state index contributed by atoms with van der Waals surface area (Å²) in [5, 5.41) is 4.86. The second-order valence-electron chi connectivity index (χ2n) is 4.98. The van der Waals surface area contributed by atoms with Crippen molar-refractivity contribution in [1.82, 2.24) is 15.5 Å². The van der Waals surface area contributed by atoms with Crippen LogP contribution < -0.4 is 10.6 Å². The molecule has 0 aromatic carbocycles. The van der Waals surface area contributed by atoms with Gasteiger partial charge in [0.25, 0.3) is 0 Å². The van der Waals surface area contributed by atoms with Crippen molar-refractivity contribution in [2.24, 2.45) is 0 Å². The topological polar surface area (TPSA) is 44.4 Å². The number of carbonyl (C=O) groups excluding carboxylic acids is 1. The first kappa shape index (κ1) is 13.6. The van der Waals surface area contributed by atoms with Crippen molar-refractivity contribution >= 4 is 5.91 Å². The van der Waals surface area contributed by atoms with Crippen LogP contribution in [-0.2, 0) is 4.79 Å². The van der Waals surface area contributed by atoms with Crippen LogP contribution in [0.1, 0.15) is 19.3 Å². The Labute approximate surface area is 104 Å². The lowest BCUT2D eigenvalue weighted by Gasteiger charge is -2.15. The van der Waals surface area contributed by atoms with Gasteiger partial charge in [0.1, 0.15) is 6.54 Å². The Morgan fingerprint density at radius 1 is 1.28 bits per heavy atom. The zero-order valence-electron chi connectivity index (χ0n) is 10.1. The van der Waals surface area contributed by atoms with Gasteiger partial charge >= 0.3 is 6.18 Å².